The number of carbonyl (C=O) groups is 1. The van der Waals surface area contributed by atoms with Crippen LogP contribution in [0.2, 0.25) is 0 Å². The molecule has 1 aromatic carbocycles. The number of nitrogens with zero attached hydrogens (tertiary/aromatic N) is 4. The van der Waals surface area contributed by atoms with Crippen LogP contribution >= 0.6 is 0 Å². The number of rotatable bonds is 6. The molecule has 0 aliphatic carbocycles. The second kappa shape index (κ2) is 9.28. The number of pyridine rings is 1. The van der Waals surface area contributed by atoms with Crippen LogP contribution < -0.4 is 10.2 Å². The second-order valence-corrected chi connectivity index (χ2v) is 7.42. The van der Waals surface area contributed by atoms with E-state index in [1.165, 1.54) is 5.56 Å². The van der Waals surface area contributed by atoms with Crippen LogP contribution in [0.4, 0.5) is 5.82 Å². The molecule has 0 unspecified atom stereocenters. The molecular formula is C23H25N5O. The summed E-state index contributed by atoms with van der Waals surface area (Å²) in [5, 5.41) is 2.86. The van der Waals surface area contributed by atoms with E-state index in [2.05, 4.69) is 55.5 Å². The largest absolute Gasteiger partial charge is 0.355 e. The van der Waals surface area contributed by atoms with Crippen LogP contribution in [-0.2, 0) is 13.0 Å². The van der Waals surface area contributed by atoms with Crippen LogP contribution in [-0.4, -0.2) is 33.9 Å². The Morgan fingerprint density at radius 1 is 0.966 bits per heavy atom. The van der Waals surface area contributed by atoms with Crippen molar-refractivity contribution in [1.82, 2.24) is 20.3 Å². The molecule has 0 spiro atoms. The van der Waals surface area contributed by atoms with Crippen LogP contribution in [0.3, 0.4) is 0 Å². The van der Waals surface area contributed by atoms with Gasteiger partial charge in [-0.1, -0.05) is 30.3 Å². The molecule has 0 atom stereocenters. The molecule has 29 heavy (non-hydrogen) atoms. The van der Waals surface area contributed by atoms with Crippen molar-refractivity contribution in [2.24, 2.45) is 5.92 Å². The molecular weight excluding hydrogens is 362 g/mol. The summed E-state index contributed by atoms with van der Waals surface area (Å²) in [7, 11) is 0. The fourth-order valence-corrected chi connectivity index (χ4v) is 3.69. The van der Waals surface area contributed by atoms with E-state index < -0.39 is 0 Å². The van der Waals surface area contributed by atoms with E-state index in [1.807, 2.05) is 12.1 Å². The van der Waals surface area contributed by atoms with Gasteiger partial charge in [0.2, 0.25) is 0 Å². The number of hydrogen-bond acceptors (Lipinski definition) is 5. The van der Waals surface area contributed by atoms with Crippen LogP contribution in [0.15, 0.2) is 67.3 Å². The number of hydrogen-bond donors (Lipinski definition) is 1. The number of anilines is 1. The molecule has 1 fully saturated rings. The highest BCUT2D eigenvalue weighted by atomic mass is 16.1. The summed E-state index contributed by atoms with van der Waals surface area (Å²) >= 11 is 0. The first-order valence-electron chi connectivity index (χ1n) is 10.1. The van der Waals surface area contributed by atoms with Gasteiger partial charge in [0, 0.05) is 32.0 Å². The van der Waals surface area contributed by atoms with Crippen molar-refractivity contribution >= 4 is 11.7 Å². The van der Waals surface area contributed by atoms with Gasteiger partial charge in [-0.3, -0.25) is 9.78 Å². The Balaban J connectivity index is 1.27. The molecule has 1 aliphatic heterocycles. The predicted molar refractivity (Wildman–Crippen MR) is 113 cm³/mol. The summed E-state index contributed by atoms with van der Waals surface area (Å²) in [4.78, 5) is 27.3. The van der Waals surface area contributed by atoms with Gasteiger partial charge in [0.1, 0.15) is 11.5 Å². The maximum Gasteiger partial charge on any atom is 0.271 e. The standard InChI is InChI=1S/C23H25N5O/c29-23(27-15-20-6-10-24-11-7-20)21-16-26-22(17-25-21)28-12-8-19(9-13-28)14-18-4-2-1-3-5-18/h1-7,10-11,16-17,19H,8-9,12-15H2,(H,27,29). The van der Waals surface area contributed by atoms with Crippen LogP contribution in [0.5, 0.6) is 0 Å². The number of amides is 1. The van der Waals surface area contributed by atoms with Crippen molar-refractivity contribution < 1.29 is 4.79 Å². The average Bonchev–Trinajstić information content (AvgIpc) is 2.79. The van der Waals surface area contributed by atoms with Gasteiger partial charge in [-0.05, 0) is 48.4 Å². The fraction of sp³-hybridized carbons (Fsp3) is 0.304. The first-order chi connectivity index (χ1) is 14.3. The van der Waals surface area contributed by atoms with Gasteiger partial charge in [0.15, 0.2) is 0 Å². The fourth-order valence-electron chi connectivity index (χ4n) is 3.69. The van der Waals surface area contributed by atoms with E-state index in [-0.39, 0.29) is 5.91 Å². The van der Waals surface area contributed by atoms with Gasteiger partial charge >= 0.3 is 0 Å². The van der Waals surface area contributed by atoms with Crippen LogP contribution in [0, 0.1) is 5.92 Å². The molecule has 1 saturated heterocycles. The molecule has 0 bridgehead atoms. The third kappa shape index (κ3) is 5.16. The summed E-state index contributed by atoms with van der Waals surface area (Å²) in [5.41, 5.74) is 2.74. The molecule has 2 aromatic heterocycles. The van der Waals surface area contributed by atoms with Crippen LogP contribution in [0.1, 0.15) is 34.5 Å². The lowest BCUT2D eigenvalue weighted by Gasteiger charge is -2.32. The molecule has 0 saturated carbocycles. The molecule has 1 N–H and O–H groups in total. The van der Waals surface area contributed by atoms with Gasteiger partial charge in [-0.25, -0.2) is 9.97 Å². The Morgan fingerprint density at radius 2 is 1.72 bits per heavy atom. The molecule has 3 aromatic rings. The zero-order chi connectivity index (χ0) is 19.9. The minimum Gasteiger partial charge on any atom is -0.355 e. The lowest BCUT2D eigenvalue weighted by atomic mass is 9.90. The van der Waals surface area contributed by atoms with Gasteiger partial charge in [-0.2, -0.15) is 0 Å². The number of aromatic nitrogens is 3. The monoisotopic (exact) mass is 387 g/mol. The quantitative estimate of drug-likeness (QED) is 0.703. The Morgan fingerprint density at radius 3 is 2.41 bits per heavy atom. The topological polar surface area (TPSA) is 71.0 Å². The second-order valence-electron chi connectivity index (χ2n) is 7.42. The van der Waals surface area contributed by atoms with E-state index in [4.69, 9.17) is 0 Å². The minimum atomic E-state index is -0.220. The molecule has 1 amide bonds. The van der Waals surface area contributed by atoms with Crippen molar-refractivity contribution in [3.8, 4) is 0 Å². The summed E-state index contributed by atoms with van der Waals surface area (Å²) in [6.45, 7) is 2.39. The first-order valence-corrected chi connectivity index (χ1v) is 10.1. The summed E-state index contributed by atoms with van der Waals surface area (Å²) in [6.07, 6.45) is 10.1. The summed E-state index contributed by atoms with van der Waals surface area (Å²) in [6, 6.07) is 14.4. The van der Waals surface area contributed by atoms with E-state index in [0.29, 0.717) is 18.2 Å². The van der Waals surface area contributed by atoms with E-state index in [0.717, 1.165) is 43.7 Å². The maximum absolute atomic E-state index is 12.3. The highest BCUT2D eigenvalue weighted by molar-refractivity contribution is 5.91. The molecule has 6 nitrogen and oxygen atoms in total. The van der Waals surface area contributed by atoms with Gasteiger partial charge in [0.05, 0.1) is 12.4 Å². The molecule has 0 radical (unpaired) electrons. The number of carbonyl (C=O) groups excluding carboxylic acids is 1. The highest BCUT2D eigenvalue weighted by Gasteiger charge is 2.21. The third-order valence-electron chi connectivity index (χ3n) is 5.38. The van der Waals surface area contributed by atoms with Gasteiger partial charge in [-0.15, -0.1) is 0 Å². The number of piperidine rings is 1. The maximum atomic E-state index is 12.3. The van der Waals surface area contributed by atoms with E-state index in [1.54, 1.807) is 24.8 Å². The highest BCUT2D eigenvalue weighted by Crippen LogP contribution is 2.24. The summed E-state index contributed by atoms with van der Waals surface area (Å²) in [5.74, 6) is 1.33. The minimum absolute atomic E-state index is 0.220. The van der Waals surface area contributed by atoms with Crippen molar-refractivity contribution in [1.29, 1.82) is 0 Å². The predicted octanol–water partition coefficient (Wildman–Crippen LogP) is 3.26. The molecule has 1 aliphatic rings. The molecule has 148 valence electrons. The Bertz CT molecular complexity index is 907. The zero-order valence-corrected chi connectivity index (χ0v) is 16.4. The lowest BCUT2D eigenvalue weighted by molar-refractivity contribution is 0.0945. The number of benzene rings is 1. The number of nitrogens with one attached hydrogen (secondary N) is 1. The van der Waals surface area contributed by atoms with E-state index in [9.17, 15) is 4.79 Å². The Labute approximate surface area is 171 Å². The van der Waals surface area contributed by atoms with Crippen molar-refractivity contribution in [2.45, 2.75) is 25.8 Å². The van der Waals surface area contributed by atoms with Crippen LogP contribution in [0.25, 0.3) is 0 Å². The van der Waals surface area contributed by atoms with Gasteiger partial charge < -0.3 is 10.2 Å². The molecule has 4 rings (SSSR count). The Hall–Kier alpha value is -3.28. The van der Waals surface area contributed by atoms with Crippen molar-refractivity contribution in [3.63, 3.8) is 0 Å². The third-order valence-corrected chi connectivity index (χ3v) is 5.38. The SMILES string of the molecule is O=C(NCc1ccncc1)c1cnc(N2CCC(Cc3ccccc3)CC2)cn1. The smallest absolute Gasteiger partial charge is 0.271 e. The summed E-state index contributed by atoms with van der Waals surface area (Å²) < 4.78 is 0. The van der Waals surface area contributed by atoms with Gasteiger partial charge in [0.25, 0.3) is 5.91 Å². The molecule has 6 heteroatoms. The normalized spacial score (nSPS) is 14.6. The van der Waals surface area contributed by atoms with E-state index >= 15 is 0 Å². The van der Waals surface area contributed by atoms with Crippen molar-refractivity contribution in [3.05, 3.63) is 84.1 Å². The lowest BCUT2D eigenvalue weighted by Crippen LogP contribution is -2.35. The first kappa shape index (κ1) is 19.1. The average molecular weight is 387 g/mol. The Kier molecular flexibility index (Phi) is 6.10. The molecule has 3 heterocycles. The zero-order valence-electron chi connectivity index (χ0n) is 16.4. The van der Waals surface area contributed by atoms with Crippen molar-refractivity contribution in [2.75, 3.05) is 18.0 Å².